The van der Waals surface area contributed by atoms with Crippen molar-refractivity contribution < 1.29 is 29.0 Å². The predicted molar refractivity (Wildman–Crippen MR) is 162 cm³/mol. The van der Waals surface area contributed by atoms with Crippen LogP contribution in [0.4, 0.5) is 10.5 Å². The summed E-state index contributed by atoms with van der Waals surface area (Å²) in [6.45, 7) is 1.93. The summed E-state index contributed by atoms with van der Waals surface area (Å²) >= 11 is 3.35. The Kier molecular flexibility index (Phi) is 9.00. The Bertz CT molecular complexity index is 1560. The van der Waals surface area contributed by atoms with E-state index < -0.39 is 30.1 Å². The van der Waals surface area contributed by atoms with Crippen molar-refractivity contribution in [2.45, 2.75) is 31.6 Å². The van der Waals surface area contributed by atoms with E-state index in [1.165, 1.54) is 6.07 Å². The Morgan fingerprint density at radius 1 is 0.881 bits per heavy atom. The van der Waals surface area contributed by atoms with Gasteiger partial charge in [0.15, 0.2) is 6.04 Å². The maximum atomic E-state index is 13.1. The molecule has 2 atom stereocenters. The van der Waals surface area contributed by atoms with Gasteiger partial charge >= 0.3 is 12.1 Å². The lowest BCUT2D eigenvalue weighted by Crippen LogP contribution is -2.48. The zero-order chi connectivity index (χ0) is 29.6. The molecule has 9 heteroatoms. The Morgan fingerprint density at radius 2 is 1.50 bits per heavy atom. The van der Waals surface area contributed by atoms with E-state index in [1.807, 2.05) is 66.7 Å². The van der Waals surface area contributed by atoms with Crippen molar-refractivity contribution in [1.29, 1.82) is 0 Å². The maximum absolute atomic E-state index is 13.1. The molecule has 0 aromatic heterocycles. The van der Waals surface area contributed by atoms with Crippen LogP contribution < -0.4 is 10.6 Å². The van der Waals surface area contributed by atoms with Gasteiger partial charge in [0.2, 0.25) is 0 Å². The van der Waals surface area contributed by atoms with Crippen LogP contribution in [0.3, 0.4) is 0 Å². The molecular weight excluding hydrogens is 600 g/mol. The van der Waals surface area contributed by atoms with Gasteiger partial charge in [-0.1, -0.05) is 78.9 Å². The highest BCUT2D eigenvalue weighted by molar-refractivity contribution is 9.10. The van der Waals surface area contributed by atoms with E-state index >= 15 is 0 Å². The van der Waals surface area contributed by atoms with Crippen molar-refractivity contribution in [1.82, 2.24) is 5.32 Å². The number of amides is 2. The number of carbonyl (C=O) groups excluding carboxylic acids is 2. The van der Waals surface area contributed by atoms with Crippen LogP contribution in [0.1, 0.15) is 39.9 Å². The van der Waals surface area contributed by atoms with Gasteiger partial charge < -0.3 is 19.9 Å². The molecular formula is C33H29BrN2O6. The topological polar surface area (TPSA) is 114 Å². The maximum Gasteiger partial charge on any atom is 0.411 e. The van der Waals surface area contributed by atoms with Crippen LogP contribution in [0.2, 0.25) is 0 Å². The predicted octanol–water partition coefficient (Wildman–Crippen LogP) is 6.60. The number of anilines is 1. The Balaban J connectivity index is 1.21. The quantitative estimate of drug-likeness (QED) is 0.182. The third kappa shape index (κ3) is 6.53. The molecule has 0 unspecified atom stereocenters. The number of halogens is 1. The molecule has 0 saturated carbocycles. The van der Waals surface area contributed by atoms with Gasteiger partial charge in [-0.2, -0.15) is 0 Å². The van der Waals surface area contributed by atoms with Gasteiger partial charge in [0.1, 0.15) is 6.61 Å². The van der Waals surface area contributed by atoms with Gasteiger partial charge in [-0.25, -0.2) is 9.59 Å². The zero-order valence-corrected chi connectivity index (χ0v) is 24.3. The minimum atomic E-state index is -1.30. The number of carboxylic acid groups (broad SMARTS) is 1. The van der Waals surface area contributed by atoms with E-state index in [0.717, 1.165) is 27.8 Å². The molecule has 3 N–H and O–H groups in total. The number of rotatable bonds is 10. The number of fused-ring (bicyclic) bond motifs is 3. The van der Waals surface area contributed by atoms with Crippen molar-refractivity contribution in [3.8, 4) is 11.1 Å². The number of hydrogen-bond donors (Lipinski definition) is 3. The van der Waals surface area contributed by atoms with Crippen LogP contribution in [0.5, 0.6) is 0 Å². The minimum Gasteiger partial charge on any atom is -0.480 e. The first-order valence-electron chi connectivity index (χ1n) is 13.4. The molecule has 4 aromatic carbocycles. The summed E-state index contributed by atoms with van der Waals surface area (Å²) in [6.07, 6.45) is -1.48. The second kappa shape index (κ2) is 13.0. The van der Waals surface area contributed by atoms with E-state index in [1.54, 1.807) is 19.1 Å². The summed E-state index contributed by atoms with van der Waals surface area (Å²) in [6, 6.07) is 28.8. The van der Waals surface area contributed by atoms with Crippen LogP contribution in [-0.4, -0.2) is 41.8 Å². The van der Waals surface area contributed by atoms with Crippen molar-refractivity contribution in [2.75, 3.05) is 11.9 Å². The number of aliphatic carboxylic acids is 1. The summed E-state index contributed by atoms with van der Waals surface area (Å²) < 4.78 is 11.8. The molecule has 214 valence electrons. The fourth-order valence-corrected chi connectivity index (χ4v) is 5.45. The first-order chi connectivity index (χ1) is 20.3. The summed E-state index contributed by atoms with van der Waals surface area (Å²) in [5.74, 6) is -1.96. The summed E-state index contributed by atoms with van der Waals surface area (Å²) in [5, 5.41) is 15.0. The molecule has 0 fully saturated rings. The van der Waals surface area contributed by atoms with E-state index in [4.69, 9.17) is 9.47 Å². The second-order valence-electron chi connectivity index (χ2n) is 9.94. The van der Waals surface area contributed by atoms with Gasteiger partial charge in [-0.05, 0) is 68.9 Å². The van der Waals surface area contributed by atoms with Crippen molar-refractivity contribution >= 4 is 39.6 Å². The van der Waals surface area contributed by atoms with Gasteiger partial charge in [0, 0.05) is 16.1 Å². The lowest BCUT2D eigenvalue weighted by molar-refractivity contribution is -0.143. The van der Waals surface area contributed by atoms with Crippen LogP contribution in [0, 0.1) is 0 Å². The highest BCUT2D eigenvalue weighted by Gasteiger charge is 2.30. The lowest BCUT2D eigenvalue weighted by atomic mass is 9.98. The SMILES string of the molecule is C[C@H](OCc1ccccc1)[C@@H](NC(=O)c1cc(NC(=O)OCC2c3ccccc3-c3ccccc32)ccc1Br)C(=O)O. The molecule has 4 aromatic rings. The standard InChI is InChI=1S/C33H29BrN2O6/c1-20(41-18-21-9-3-2-4-10-21)30(32(38)39)36-31(37)27-17-22(15-16-29(27)34)35-33(40)42-19-28-25-13-7-5-11-23(25)24-12-6-8-14-26(24)28/h2-17,20,28,30H,18-19H2,1H3,(H,35,40)(H,36,37)(H,38,39)/t20-,30+/m0/s1. The summed E-state index contributed by atoms with van der Waals surface area (Å²) in [7, 11) is 0. The molecule has 42 heavy (non-hydrogen) atoms. The van der Waals surface area contributed by atoms with Gasteiger partial charge in [-0.15, -0.1) is 0 Å². The molecule has 8 nitrogen and oxygen atoms in total. The monoisotopic (exact) mass is 628 g/mol. The number of hydrogen-bond acceptors (Lipinski definition) is 5. The number of ether oxygens (including phenoxy) is 2. The first-order valence-corrected chi connectivity index (χ1v) is 14.2. The second-order valence-corrected chi connectivity index (χ2v) is 10.8. The molecule has 0 heterocycles. The van der Waals surface area contributed by atoms with Crippen LogP contribution in [0.25, 0.3) is 11.1 Å². The zero-order valence-electron chi connectivity index (χ0n) is 22.8. The van der Waals surface area contributed by atoms with E-state index in [9.17, 15) is 19.5 Å². The average molecular weight is 630 g/mol. The number of carboxylic acids is 1. The molecule has 2 amide bonds. The smallest absolute Gasteiger partial charge is 0.411 e. The third-order valence-corrected chi connectivity index (χ3v) is 7.87. The van der Waals surface area contributed by atoms with E-state index in [-0.39, 0.29) is 24.7 Å². The minimum absolute atomic E-state index is 0.0894. The van der Waals surface area contributed by atoms with Crippen LogP contribution in [0.15, 0.2) is 102 Å². The van der Waals surface area contributed by atoms with Crippen LogP contribution >= 0.6 is 15.9 Å². The molecule has 0 bridgehead atoms. The van der Waals surface area contributed by atoms with Crippen molar-refractivity contribution in [3.63, 3.8) is 0 Å². The highest BCUT2D eigenvalue weighted by atomic mass is 79.9. The van der Waals surface area contributed by atoms with Gasteiger partial charge in [0.25, 0.3) is 5.91 Å². The number of nitrogens with one attached hydrogen (secondary N) is 2. The molecule has 0 aliphatic heterocycles. The largest absolute Gasteiger partial charge is 0.480 e. The lowest BCUT2D eigenvalue weighted by Gasteiger charge is -2.22. The van der Waals surface area contributed by atoms with Crippen LogP contribution in [-0.2, 0) is 20.9 Å². The molecule has 1 aliphatic rings. The summed E-state index contributed by atoms with van der Waals surface area (Å²) in [4.78, 5) is 37.9. The molecule has 1 aliphatic carbocycles. The molecule has 5 rings (SSSR count). The van der Waals surface area contributed by atoms with Crippen molar-refractivity contribution in [2.24, 2.45) is 0 Å². The Labute approximate surface area is 251 Å². The fourth-order valence-electron chi connectivity index (χ4n) is 5.03. The Hall–Kier alpha value is -4.47. The molecule has 0 spiro atoms. The average Bonchev–Trinajstić information content (AvgIpc) is 3.32. The number of benzene rings is 4. The highest BCUT2D eigenvalue weighted by Crippen LogP contribution is 2.44. The fraction of sp³-hybridized carbons (Fsp3) is 0.182. The molecule has 0 saturated heterocycles. The third-order valence-electron chi connectivity index (χ3n) is 7.18. The number of carbonyl (C=O) groups is 3. The van der Waals surface area contributed by atoms with E-state index in [2.05, 4.69) is 38.7 Å². The van der Waals surface area contributed by atoms with E-state index in [0.29, 0.717) is 10.2 Å². The van der Waals surface area contributed by atoms with Gasteiger partial charge in [0.05, 0.1) is 18.3 Å². The first kappa shape index (κ1) is 29.0. The molecule has 0 radical (unpaired) electrons. The Morgan fingerprint density at radius 3 is 2.14 bits per heavy atom. The van der Waals surface area contributed by atoms with Crippen molar-refractivity contribution in [3.05, 3.63) is 124 Å². The van der Waals surface area contributed by atoms with Gasteiger partial charge in [-0.3, -0.25) is 10.1 Å². The normalized spacial score (nSPS) is 13.4. The summed E-state index contributed by atoms with van der Waals surface area (Å²) in [5.41, 5.74) is 5.81.